The molecule has 0 saturated heterocycles. The summed E-state index contributed by atoms with van der Waals surface area (Å²) in [5.74, 6) is -0.187. The Morgan fingerprint density at radius 2 is 1.73 bits per heavy atom. The number of rotatable bonds is 7. The Balaban J connectivity index is 3.95. The van der Waals surface area contributed by atoms with Crippen LogP contribution in [0.5, 0.6) is 0 Å². The van der Waals surface area contributed by atoms with Gasteiger partial charge in [0.25, 0.3) is 0 Å². The highest BCUT2D eigenvalue weighted by Gasteiger charge is 2.22. The molecule has 2 nitrogen and oxygen atoms in total. The van der Waals surface area contributed by atoms with Gasteiger partial charge in [-0.1, -0.05) is 50.7 Å². The van der Waals surface area contributed by atoms with E-state index in [1.165, 1.54) is 25.1 Å². The minimum absolute atomic E-state index is 0.187. The van der Waals surface area contributed by atoms with Crippen molar-refractivity contribution < 1.29 is 9.53 Å². The lowest BCUT2D eigenvalue weighted by atomic mass is 10.4. The number of esters is 1. The lowest BCUT2D eigenvalue weighted by molar-refractivity contribution is -0.140. The second kappa shape index (κ2) is 7.68. The maximum absolute atomic E-state index is 10.5. The molecule has 0 radical (unpaired) electrons. The topological polar surface area (TPSA) is 26.3 Å². The predicted molar refractivity (Wildman–Crippen MR) is 67.6 cm³/mol. The van der Waals surface area contributed by atoms with Crippen molar-refractivity contribution in [1.29, 1.82) is 0 Å². The van der Waals surface area contributed by atoms with E-state index >= 15 is 0 Å². The van der Waals surface area contributed by atoms with Crippen molar-refractivity contribution in [1.82, 2.24) is 0 Å². The minimum Gasteiger partial charge on any atom is -0.466 e. The summed E-state index contributed by atoms with van der Waals surface area (Å²) in [4.78, 5) is 10.5. The Morgan fingerprint density at radius 3 is 2.13 bits per heavy atom. The van der Waals surface area contributed by atoms with Crippen LogP contribution in [0.15, 0.2) is 11.8 Å². The van der Waals surface area contributed by atoms with Gasteiger partial charge in [-0.25, -0.2) is 0 Å². The number of carbonyl (C=O) groups is 1. The highest BCUT2D eigenvalue weighted by atomic mass is 28.3. The lowest BCUT2D eigenvalue weighted by Gasteiger charge is -2.23. The first-order valence-corrected chi connectivity index (χ1v) is 8.61. The van der Waals surface area contributed by atoms with Crippen molar-refractivity contribution in [2.75, 3.05) is 6.61 Å². The van der Waals surface area contributed by atoms with Gasteiger partial charge in [0.15, 0.2) is 0 Å². The fraction of sp³-hybridized carbons (Fsp3) is 0.750. The molecule has 0 aromatic heterocycles. The third-order valence-electron chi connectivity index (χ3n) is 3.17. The van der Waals surface area contributed by atoms with Crippen LogP contribution in [0.3, 0.4) is 0 Å². The number of carbonyl (C=O) groups excluding carboxylic acids is 1. The van der Waals surface area contributed by atoms with Gasteiger partial charge in [-0.2, -0.15) is 0 Å². The van der Waals surface area contributed by atoms with Gasteiger partial charge in [0.1, 0.15) is 0 Å². The summed E-state index contributed by atoms with van der Waals surface area (Å²) in [5.41, 5.74) is 2.43. The van der Waals surface area contributed by atoms with Crippen LogP contribution in [0.4, 0.5) is 0 Å². The molecular formula is C12H24O2Si. The smallest absolute Gasteiger partial charge is 0.302 e. The first kappa shape index (κ1) is 14.4. The van der Waals surface area contributed by atoms with E-state index in [9.17, 15) is 4.79 Å². The van der Waals surface area contributed by atoms with Crippen molar-refractivity contribution in [2.24, 2.45) is 0 Å². The Bertz CT molecular complexity index is 199. The zero-order valence-corrected chi connectivity index (χ0v) is 11.5. The summed E-state index contributed by atoms with van der Waals surface area (Å²) in [5, 5.41) is 0. The quantitative estimate of drug-likeness (QED) is 0.378. The van der Waals surface area contributed by atoms with Crippen LogP contribution in [0.25, 0.3) is 0 Å². The van der Waals surface area contributed by atoms with Crippen molar-refractivity contribution in [3.63, 3.8) is 0 Å². The summed E-state index contributed by atoms with van der Waals surface area (Å²) in [6.45, 7) is 8.83. The van der Waals surface area contributed by atoms with Crippen LogP contribution in [-0.4, -0.2) is 20.7 Å². The summed E-state index contributed by atoms with van der Waals surface area (Å²) in [6.07, 6.45) is 3.06. The zero-order chi connectivity index (χ0) is 11.7. The van der Waals surface area contributed by atoms with Gasteiger partial charge in [-0.15, -0.1) is 0 Å². The lowest BCUT2D eigenvalue weighted by Crippen LogP contribution is -2.28. The molecule has 0 aliphatic heterocycles. The average Bonchev–Trinajstić information content (AvgIpc) is 2.24. The van der Waals surface area contributed by atoms with E-state index in [0.29, 0.717) is 6.61 Å². The zero-order valence-electron chi connectivity index (χ0n) is 10.5. The third-order valence-corrected chi connectivity index (χ3v) is 8.34. The third kappa shape index (κ3) is 5.77. The summed E-state index contributed by atoms with van der Waals surface area (Å²) < 4.78 is 4.88. The van der Waals surface area contributed by atoms with Gasteiger partial charge in [-0.3, -0.25) is 4.79 Å². The SMILES string of the molecule is CC[Si](C=CCCOC(C)=O)(CC)CC. The van der Waals surface area contributed by atoms with E-state index in [1.54, 1.807) is 0 Å². The molecule has 0 rings (SSSR count). The molecule has 3 heteroatoms. The molecule has 0 amide bonds. The van der Waals surface area contributed by atoms with E-state index in [-0.39, 0.29) is 5.97 Å². The van der Waals surface area contributed by atoms with E-state index in [0.717, 1.165) is 6.42 Å². The molecule has 15 heavy (non-hydrogen) atoms. The molecule has 88 valence electrons. The highest BCUT2D eigenvalue weighted by Crippen LogP contribution is 2.21. The van der Waals surface area contributed by atoms with Gasteiger partial charge in [-0.05, 0) is 6.42 Å². The maximum Gasteiger partial charge on any atom is 0.302 e. The highest BCUT2D eigenvalue weighted by molar-refractivity contribution is 6.84. The fourth-order valence-electron chi connectivity index (χ4n) is 1.71. The van der Waals surface area contributed by atoms with Gasteiger partial charge < -0.3 is 4.74 Å². The predicted octanol–water partition coefficient (Wildman–Crippen LogP) is 3.54. The molecule has 0 N–H and O–H groups in total. The summed E-state index contributed by atoms with van der Waals surface area (Å²) in [6, 6.07) is 3.93. The largest absolute Gasteiger partial charge is 0.466 e. The average molecular weight is 228 g/mol. The molecule has 0 aromatic rings. The van der Waals surface area contributed by atoms with Gasteiger partial charge in [0, 0.05) is 6.92 Å². The number of ether oxygens (including phenoxy) is 1. The second-order valence-electron chi connectivity index (χ2n) is 3.95. The fourth-order valence-corrected chi connectivity index (χ4v) is 4.58. The molecule has 0 fully saturated rings. The van der Waals surface area contributed by atoms with Crippen molar-refractivity contribution >= 4 is 14.0 Å². The normalized spacial score (nSPS) is 12.0. The molecule has 0 unspecified atom stereocenters. The Morgan fingerprint density at radius 1 is 1.20 bits per heavy atom. The summed E-state index contributed by atoms with van der Waals surface area (Å²) >= 11 is 0. The molecular weight excluding hydrogens is 204 g/mol. The number of hydrogen-bond donors (Lipinski definition) is 0. The Hall–Kier alpha value is -0.573. The van der Waals surface area contributed by atoms with Gasteiger partial charge in [0.05, 0.1) is 14.7 Å². The first-order valence-electron chi connectivity index (χ1n) is 5.91. The van der Waals surface area contributed by atoms with Crippen LogP contribution in [0.2, 0.25) is 18.1 Å². The Labute approximate surface area is 94.7 Å². The van der Waals surface area contributed by atoms with Crippen molar-refractivity contribution in [3.05, 3.63) is 11.8 Å². The van der Waals surface area contributed by atoms with Crippen LogP contribution in [0, 0.1) is 0 Å². The standard InChI is InChI=1S/C12H24O2Si/c1-5-15(6-2,7-3)11-9-8-10-14-12(4)13/h9,11H,5-8,10H2,1-4H3. The van der Waals surface area contributed by atoms with Gasteiger partial charge >= 0.3 is 5.97 Å². The van der Waals surface area contributed by atoms with E-state index in [2.05, 4.69) is 32.5 Å². The monoisotopic (exact) mass is 228 g/mol. The van der Waals surface area contributed by atoms with Crippen molar-refractivity contribution in [2.45, 2.75) is 52.2 Å². The molecule has 0 aromatic carbocycles. The van der Waals surface area contributed by atoms with Gasteiger partial charge in [0.2, 0.25) is 0 Å². The second-order valence-corrected chi connectivity index (χ2v) is 9.13. The van der Waals surface area contributed by atoms with Crippen LogP contribution >= 0.6 is 0 Å². The minimum atomic E-state index is -1.12. The molecule has 0 spiro atoms. The molecule has 0 heterocycles. The van der Waals surface area contributed by atoms with Crippen LogP contribution < -0.4 is 0 Å². The number of hydrogen-bond acceptors (Lipinski definition) is 2. The Kier molecular flexibility index (Phi) is 7.39. The van der Waals surface area contributed by atoms with Crippen molar-refractivity contribution in [3.8, 4) is 0 Å². The van der Waals surface area contributed by atoms with E-state index in [4.69, 9.17) is 4.74 Å². The van der Waals surface area contributed by atoms with E-state index < -0.39 is 8.07 Å². The van der Waals surface area contributed by atoms with Crippen LogP contribution in [-0.2, 0) is 9.53 Å². The maximum atomic E-state index is 10.5. The molecule has 0 bridgehead atoms. The summed E-state index contributed by atoms with van der Waals surface area (Å²) in [7, 11) is -1.12. The molecule has 0 saturated carbocycles. The van der Waals surface area contributed by atoms with Crippen LogP contribution in [0.1, 0.15) is 34.1 Å². The van der Waals surface area contributed by atoms with E-state index in [1.807, 2.05) is 0 Å². The molecule has 0 aliphatic carbocycles. The molecule has 0 aliphatic rings. The molecule has 0 atom stereocenters. The first-order chi connectivity index (χ1) is 7.10.